The fraction of sp³-hybridized carbons (Fsp3) is 0.333. The number of aliphatic carboxylic acids is 1. The molecule has 9 nitrogen and oxygen atoms in total. The molecule has 0 saturated carbocycles. The van der Waals surface area contributed by atoms with Crippen LogP contribution in [0.15, 0.2) is 32.7 Å². The minimum absolute atomic E-state index is 0.105. The number of thioether (sulfide) groups is 1. The second kappa shape index (κ2) is 10.4. The number of ether oxygens (including phenoxy) is 3. The van der Waals surface area contributed by atoms with Gasteiger partial charge in [-0.1, -0.05) is 13.0 Å². The van der Waals surface area contributed by atoms with Crippen LogP contribution in [0, 0.1) is 0 Å². The predicted octanol–water partition coefficient (Wildman–Crippen LogP) is 1.47. The molecule has 0 atom stereocenters. The Kier molecular flexibility index (Phi) is 7.88. The summed E-state index contributed by atoms with van der Waals surface area (Å²) in [5.41, 5.74) is 0.516. The molecule has 0 radical (unpaired) electrons. The molecule has 150 valence electrons. The summed E-state index contributed by atoms with van der Waals surface area (Å²) < 4.78 is 20.7. The van der Waals surface area contributed by atoms with Gasteiger partial charge in [0, 0.05) is 11.3 Å². The van der Waals surface area contributed by atoms with Crippen molar-refractivity contribution in [2.75, 3.05) is 20.3 Å². The van der Waals surface area contributed by atoms with Crippen LogP contribution < -0.4 is 14.6 Å². The van der Waals surface area contributed by atoms with Crippen LogP contribution in [0.3, 0.4) is 0 Å². The van der Waals surface area contributed by atoms with E-state index in [0.717, 1.165) is 11.8 Å². The first-order valence-electron chi connectivity index (χ1n) is 8.36. The number of hydrogen-bond acceptors (Lipinski definition) is 10. The van der Waals surface area contributed by atoms with Crippen LogP contribution in [0.5, 0.6) is 11.5 Å². The van der Waals surface area contributed by atoms with Gasteiger partial charge in [0.25, 0.3) is 5.22 Å². The van der Waals surface area contributed by atoms with E-state index >= 15 is 0 Å². The van der Waals surface area contributed by atoms with E-state index in [1.165, 1.54) is 13.2 Å². The first kappa shape index (κ1) is 21.3. The van der Waals surface area contributed by atoms with E-state index in [4.69, 9.17) is 18.6 Å². The molecule has 0 aliphatic heterocycles. The lowest BCUT2D eigenvalue weighted by molar-refractivity contribution is -0.298. The summed E-state index contributed by atoms with van der Waals surface area (Å²) in [6.07, 6.45) is 1.93. The van der Waals surface area contributed by atoms with Crippen molar-refractivity contribution in [2.45, 2.75) is 25.5 Å². The highest BCUT2D eigenvalue weighted by Gasteiger charge is 2.12. The zero-order chi connectivity index (χ0) is 20.5. The first-order chi connectivity index (χ1) is 13.5. The molecule has 0 aliphatic carbocycles. The van der Waals surface area contributed by atoms with Gasteiger partial charge in [-0.2, -0.15) is 0 Å². The molecule has 10 heteroatoms. The summed E-state index contributed by atoms with van der Waals surface area (Å²) in [7, 11) is 1.43. The number of nitrogens with zero attached hydrogens (tertiary/aromatic N) is 2. The summed E-state index contributed by atoms with van der Waals surface area (Å²) >= 11 is 0.791. The summed E-state index contributed by atoms with van der Waals surface area (Å²) in [6, 6.07) is 4.73. The first-order valence-corrected chi connectivity index (χ1v) is 9.18. The molecule has 2 aromatic rings. The Morgan fingerprint density at radius 1 is 1.25 bits per heavy atom. The van der Waals surface area contributed by atoms with Gasteiger partial charge < -0.3 is 28.5 Å². The highest BCUT2D eigenvalue weighted by molar-refractivity contribution is 8.03. The normalized spacial score (nSPS) is 11.2. The third kappa shape index (κ3) is 6.02. The number of carboxylic acids is 1. The van der Waals surface area contributed by atoms with Crippen LogP contribution in [0.2, 0.25) is 0 Å². The smallest absolute Gasteiger partial charge is 0.344 e. The van der Waals surface area contributed by atoms with E-state index in [1.807, 2.05) is 6.92 Å². The van der Waals surface area contributed by atoms with Crippen LogP contribution in [-0.4, -0.2) is 42.5 Å². The standard InChI is InChI=1S/C18H20N2O7S/c1-4-15-19-20-18(27-15)28-14(17(22)23)9-11-6-7-12(13(8-11)24-3)26-10-16(21)25-5-2/h6-9H,4-5,10H2,1-3H3,(H,22,23)/p-1/b14-9-. The van der Waals surface area contributed by atoms with Crippen LogP contribution in [0.1, 0.15) is 25.3 Å². The van der Waals surface area contributed by atoms with E-state index in [1.54, 1.807) is 25.1 Å². The molecule has 0 aliphatic rings. The van der Waals surface area contributed by atoms with Crippen LogP contribution in [-0.2, 0) is 20.7 Å². The van der Waals surface area contributed by atoms with Gasteiger partial charge in [-0.05, 0) is 42.5 Å². The summed E-state index contributed by atoms with van der Waals surface area (Å²) in [6.45, 7) is 3.53. The van der Waals surface area contributed by atoms with E-state index in [2.05, 4.69) is 10.2 Å². The molecular formula is C18H19N2O7S-. The summed E-state index contributed by atoms with van der Waals surface area (Å²) in [4.78, 5) is 22.7. The number of benzene rings is 1. The zero-order valence-corrected chi connectivity index (χ0v) is 16.4. The van der Waals surface area contributed by atoms with Crippen molar-refractivity contribution in [3.05, 3.63) is 34.6 Å². The minimum Gasteiger partial charge on any atom is -0.544 e. The lowest BCUT2D eigenvalue weighted by Crippen LogP contribution is -2.23. The number of rotatable bonds is 10. The maximum atomic E-state index is 11.4. The number of methoxy groups -OCH3 is 1. The number of carbonyl (C=O) groups is 2. The number of aromatic nitrogens is 2. The molecule has 0 saturated heterocycles. The largest absolute Gasteiger partial charge is 0.544 e. The van der Waals surface area contributed by atoms with Gasteiger partial charge in [0.15, 0.2) is 18.1 Å². The highest BCUT2D eigenvalue weighted by Crippen LogP contribution is 2.31. The molecule has 0 spiro atoms. The molecule has 0 unspecified atom stereocenters. The van der Waals surface area contributed by atoms with Gasteiger partial charge >= 0.3 is 5.97 Å². The Hall–Kier alpha value is -3.01. The van der Waals surface area contributed by atoms with Gasteiger partial charge in [0.1, 0.15) is 0 Å². The van der Waals surface area contributed by atoms with Gasteiger partial charge in [0.05, 0.1) is 19.7 Å². The minimum atomic E-state index is -1.39. The topological polar surface area (TPSA) is 124 Å². The Balaban J connectivity index is 2.19. The number of hydrogen-bond donors (Lipinski definition) is 0. The van der Waals surface area contributed by atoms with Gasteiger partial charge in [-0.3, -0.25) is 0 Å². The fourth-order valence-electron chi connectivity index (χ4n) is 2.03. The molecule has 0 fully saturated rings. The van der Waals surface area contributed by atoms with Crippen LogP contribution in [0.25, 0.3) is 6.08 Å². The monoisotopic (exact) mass is 407 g/mol. The molecular weight excluding hydrogens is 388 g/mol. The predicted molar refractivity (Wildman–Crippen MR) is 97.6 cm³/mol. The maximum Gasteiger partial charge on any atom is 0.344 e. The molecule has 1 aromatic heterocycles. The van der Waals surface area contributed by atoms with Crippen LogP contribution in [0.4, 0.5) is 0 Å². The van der Waals surface area contributed by atoms with E-state index < -0.39 is 11.9 Å². The SMILES string of the molecule is CCOC(=O)COc1ccc(/C=C(\Sc2nnc(CC)o2)C(=O)[O-])cc1OC. The third-order valence-corrected chi connectivity index (χ3v) is 4.13. The van der Waals surface area contributed by atoms with E-state index in [9.17, 15) is 14.7 Å². The second-order valence-electron chi connectivity index (χ2n) is 5.22. The van der Waals surface area contributed by atoms with Crippen molar-refractivity contribution >= 4 is 29.8 Å². The van der Waals surface area contributed by atoms with E-state index in [-0.39, 0.29) is 23.3 Å². The van der Waals surface area contributed by atoms with Crippen molar-refractivity contribution < 1.29 is 33.3 Å². The van der Waals surface area contributed by atoms with Crippen LogP contribution >= 0.6 is 11.8 Å². The van der Waals surface area contributed by atoms with Gasteiger partial charge in [-0.25, -0.2) is 4.79 Å². The van der Waals surface area contributed by atoms with Crippen molar-refractivity contribution in [1.82, 2.24) is 10.2 Å². The number of carboxylic acid groups (broad SMARTS) is 1. The molecule has 28 heavy (non-hydrogen) atoms. The maximum absolute atomic E-state index is 11.4. The van der Waals surface area contributed by atoms with Crippen molar-refractivity contribution in [1.29, 1.82) is 0 Å². The number of aryl methyl sites for hydroxylation is 1. The molecule has 0 bridgehead atoms. The third-order valence-electron chi connectivity index (χ3n) is 3.29. The molecule has 0 N–H and O–H groups in total. The Morgan fingerprint density at radius 3 is 2.64 bits per heavy atom. The molecule has 2 rings (SSSR count). The second-order valence-corrected chi connectivity index (χ2v) is 6.21. The highest BCUT2D eigenvalue weighted by atomic mass is 32.2. The Labute approximate surface area is 165 Å². The molecule has 1 aromatic carbocycles. The number of esters is 1. The molecule has 0 amide bonds. The van der Waals surface area contributed by atoms with Crippen molar-refractivity contribution in [2.24, 2.45) is 0 Å². The van der Waals surface area contributed by atoms with Crippen molar-refractivity contribution in [3.8, 4) is 11.5 Å². The fourth-order valence-corrected chi connectivity index (χ4v) is 2.72. The zero-order valence-electron chi connectivity index (χ0n) is 15.6. The van der Waals surface area contributed by atoms with Gasteiger partial charge in [0.2, 0.25) is 5.89 Å². The average molecular weight is 407 g/mol. The van der Waals surface area contributed by atoms with E-state index in [0.29, 0.717) is 29.4 Å². The summed E-state index contributed by atoms with van der Waals surface area (Å²) in [5.74, 6) is -0.838. The Morgan fingerprint density at radius 2 is 2.04 bits per heavy atom. The average Bonchev–Trinajstić information content (AvgIpc) is 3.14. The quantitative estimate of drug-likeness (QED) is 0.325. The summed E-state index contributed by atoms with van der Waals surface area (Å²) in [5, 5.41) is 19.1. The Bertz CT molecular complexity index is 863. The van der Waals surface area contributed by atoms with Gasteiger partial charge in [-0.15, -0.1) is 10.2 Å². The lowest BCUT2D eigenvalue weighted by Gasteiger charge is -2.11. The van der Waals surface area contributed by atoms with Crippen molar-refractivity contribution in [3.63, 3.8) is 0 Å². The molecule has 1 heterocycles. The number of carbonyl (C=O) groups excluding carboxylic acids is 2. The lowest BCUT2D eigenvalue weighted by atomic mass is 10.2.